The van der Waals surface area contributed by atoms with Crippen LogP contribution in [0.3, 0.4) is 0 Å². The summed E-state index contributed by atoms with van der Waals surface area (Å²) in [6.07, 6.45) is 0. The molecule has 1 N–H and O–H groups in total. The maximum atomic E-state index is 9.55. The molecular weight excluding hydrogens is 227 g/mol. The number of phenols is 1. The summed E-state index contributed by atoms with van der Waals surface area (Å²) in [5, 5.41) is 13.0. The van der Waals surface area contributed by atoms with Crippen LogP contribution in [-0.2, 0) is 5.88 Å². The van der Waals surface area contributed by atoms with E-state index in [0.717, 1.165) is 10.1 Å². The van der Waals surface area contributed by atoms with Crippen LogP contribution in [0.4, 0.5) is 0 Å². The van der Waals surface area contributed by atoms with Crippen molar-refractivity contribution in [1.29, 1.82) is 0 Å². The second-order valence-corrected chi connectivity index (χ2v) is 4.25. The Morgan fingerprint density at radius 3 is 2.92 bits per heavy atom. The molecule has 0 aliphatic rings. The lowest BCUT2D eigenvalue weighted by Crippen LogP contribution is -1.81. The number of benzene rings is 1. The lowest BCUT2D eigenvalue weighted by Gasteiger charge is -2.04. The van der Waals surface area contributed by atoms with Crippen molar-refractivity contribution >= 4 is 44.6 Å². The summed E-state index contributed by atoms with van der Waals surface area (Å²) in [4.78, 5) is 0. The number of phenolic OH excluding ortho intramolecular Hbond substituents is 1. The van der Waals surface area contributed by atoms with Gasteiger partial charge in [-0.3, -0.25) is 0 Å². The average molecular weight is 233 g/mol. The van der Waals surface area contributed by atoms with Crippen molar-refractivity contribution in [3.8, 4) is 5.75 Å². The zero-order valence-electron chi connectivity index (χ0n) is 6.55. The molecule has 0 amide bonds. The van der Waals surface area contributed by atoms with Gasteiger partial charge in [0.1, 0.15) is 5.75 Å². The maximum Gasteiger partial charge on any atom is 0.122 e. The predicted molar refractivity (Wildman–Crippen MR) is 58.1 cm³/mol. The van der Waals surface area contributed by atoms with Gasteiger partial charge in [-0.05, 0) is 17.5 Å². The van der Waals surface area contributed by atoms with Crippen LogP contribution in [0.1, 0.15) is 5.56 Å². The number of hydrogen-bond acceptors (Lipinski definition) is 2. The number of fused-ring (bicyclic) bond motifs is 1. The largest absolute Gasteiger partial charge is 0.508 e. The zero-order valence-corrected chi connectivity index (χ0v) is 8.88. The molecule has 1 nitrogen and oxygen atoms in total. The minimum Gasteiger partial charge on any atom is -0.508 e. The Balaban J connectivity index is 2.85. The Morgan fingerprint density at radius 2 is 2.23 bits per heavy atom. The van der Waals surface area contributed by atoms with Gasteiger partial charge in [0.15, 0.2) is 0 Å². The molecule has 2 aromatic rings. The molecule has 0 unspecified atom stereocenters. The number of rotatable bonds is 1. The molecule has 0 saturated carbocycles. The van der Waals surface area contributed by atoms with E-state index in [4.69, 9.17) is 23.2 Å². The Bertz CT molecular complexity index is 450. The fourth-order valence-electron chi connectivity index (χ4n) is 1.23. The van der Waals surface area contributed by atoms with Crippen molar-refractivity contribution in [1.82, 2.24) is 0 Å². The first-order valence-electron chi connectivity index (χ1n) is 3.67. The van der Waals surface area contributed by atoms with Crippen molar-refractivity contribution in [3.05, 3.63) is 28.1 Å². The van der Waals surface area contributed by atoms with Crippen molar-refractivity contribution < 1.29 is 5.11 Å². The predicted octanol–water partition coefficient (Wildman–Crippen LogP) is 4.00. The van der Waals surface area contributed by atoms with Crippen molar-refractivity contribution in [2.75, 3.05) is 0 Å². The second kappa shape index (κ2) is 3.37. The summed E-state index contributed by atoms with van der Waals surface area (Å²) in [6, 6.07) is 3.63. The van der Waals surface area contributed by atoms with Gasteiger partial charge >= 0.3 is 0 Å². The summed E-state index contributed by atoms with van der Waals surface area (Å²) >= 11 is 13.3. The molecule has 1 aromatic heterocycles. The normalized spacial score (nSPS) is 10.9. The molecule has 0 saturated heterocycles. The number of hydrogen-bond donors (Lipinski definition) is 1. The van der Waals surface area contributed by atoms with E-state index >= 15 is 0 Å². The van der Waals surface area contributed by atoms with Gasteiger partial charge < -0.3 is 5.11 Å². The lowest BCUT2D eigenvalue weighted by atomic mass is 10.1. The van der Waals surface area contributed by atoms with Crippen molar-refractivity contribution in [2.24, 2.45) is 0 Å². The van der Waals surface area contributed by atoms with E-state index < -0.39 is 0 Å². The number of halogens is 2. The van der Waals surface area contributed by atoms with Gasteiger partial charge in [-0.25, -0.2) is 0 Å². The van der Waals surface area contributed by atoms with E-state index in [-0.39, 0.29) is 11.6 Å². The van der Waals surface area contributed by atoms with Crippen LogP contribution in [0.15, 0.2) is 17.5 Å². The highest BCUT2D eigenvalue weighted by Crippen LogP contribution is 2.37. The molecule has 13 heavy (non-hydrogen) atoms. The van der Waals surface area contributed by atoms with E-state index in [0.29, 0.717) is 10.6 Å². The molecule has 68 valence electrons. The summed E-state index contributed by atoms with van der Waals surface area (Å²) in [7, 11) is 0. The van der Waals surface area contributed by atoms with Crippen molar-refractivity contribution in [2.45, 2.75) is 5.88 Å². The highest BCUT2D eigenvalue weighted by Gasteiger charge is 2.10. The van der Waals surface area contributed by atoms with Crippen LogP contribution in [-0.4, -0.2) is 5.11 Å². The van der Waals surface area contributed by atoms with Crippen LogP contribution < -0.4 is 0 Å². The molecule has 0 atom stereocenters. The first-order valence-corrected chi connectivity index (χ1v) is 5.46. The van der Waals surface area contributed by atoms with E-state index in [1.165, 1.54) is 0 Å². The monoisotopic (exact) mass is 232 g/mol. The molecule has 1 heterocycles. The maximum absolute atomic E-state index is 9.55. The molecule has 1 aromatic carbocycles. The van der Waals surface area contributed by atoms with Gasteiger partial charge in [-0.1, -0.05) is 11.6 Å². The number of alkyl halides is 1. The third-order valence-electron chi connectivity index (χ3n) is 1.91. The average Bonchev–Trinajstić information content (AvgIpc) is 2.53. The first-order chi connectivity index (χ1) is 6.24. The molecule has 0 aliphatic carbocycles. The van der Waals surface area contributed by atoms with Gasteiger partial charge in [0.2, 0.25) is 0 Å². The summed E-state index contributed by atoms with van der Waals surface area (Å²) < 4.78 is 0.983. The Morgan fingerprint density at radius 1 is 1.46 bits per heavy atom. The molecule has 0 fully saturated rings. The SMILES string of the molecule is Oc1cc2sccc2c(Cl)c1CCl. The topological polar surface area (TPSA) is 20.2 Å². The molecule has 2 rings (SSSR count). The molecule has 0 spiro atoms. The van der Waals surface area contributed by atoms with Crippen LogP contribution >= 0.6 is 34.5 Å². The van der Waals surface area contributed by atoms with E-state index in [1.807, 2.05) is 11.4 Å². The number of thiophene rings is 1. The number of aromatic hydroxyl groups is 1. The van der Waals surface area contributed by atoms with Crippen LogP contribution in [0.25, 0.3) is 10.1 Å². The van der Waals surface area contributed by atoms with E-state index in [1.54, 1.807) is 17.4 Å². The Hall–Kier alpha value is -0.440. The van der Waals surface area contributed by atoms with Crippen molar-refractivity contribution in [3.63, 3.8) is 0 Å². The fraction of sp³-hybridized carbons (Fsp3) is 0.111. The van der Waals surface area contributed by atoms with Gasteiger partial charge in [-0.2, -0.15) is 0 Å². The van der Waals surface area contributed by atoms with Crippen LogP contribution in [0, 0.1) is 0 Å². The fourth-order valence-corrected chi connectivity index (χ4v) is 2.78. The Labute approximate surface area is 89.5 Å². The highest BCUT2D eigenvalue weighted by atomic mass is 35.5. The standard InChI is InChI=1S/C9H6Cl2OS/c10-4-6-7(12)3-8-5(9(6)11)1-2-13-8/h1-3,12H,4H2. The smallest absolute Gasteiger partial charge is 0.122 e. The van der Waals surface area contributed by atoms with Crippen LogP contribution in [0.5, 0.6) is 5.75 Å². The highest BCUT2D eigenvalue weighted by molar-refractivity contribution is 7.17. The van der Waals surface area contributed by atoms with Gasteiger partial charge in [0.25, 0.3) is 0 Å². The van der Waals surface area contributed by atoms with E-state index in [9.17, 15) is 5.11 Å². The van der Waals surface area contributed by atoms with Gasteiger partial charge in [0, 0.05) is 15.6 Å². The zero-order chi connectivity index (χ0) is 9.42. The van der Waals surface area contributed by atoms with Gasteiger partial charge in [0.05, 0.1) is 10.9 Å². The van der Waals surface area contributed by atoms with Gasteiger partial charge in [-0.15, -0.1) is 22.9 Å². The third kappa shape index (κ3) is 1.39. The molecule has 4 heteroatoms. The molecule has 0 aliphatic heterocycles. The Kier molecular flexibility index (Phi) is 2.37. The second-order valence-electron chi connectivity index (χ2n) is 2.65. The molecule has 0 bridgehead atoms. The van der Waals surface area contributed by atoms with Crippen LogP contribution in [0.2, 0.25) is 5.02 Å². The molecular formula is C9H6Cl2OS. The summed E-state index contributed by atoms with van der Waals surface area (Å²) in [5.74, 6) is 0.408. The molecule has 0 radical (unpaired) electrons. The first kappa shape index (κ1) is 9.13. The minimum absolute atomic E-state index is 0.176. The lowest BCUT2D eigenvalue weighted by molar-refractivity contribution is 0.471. The summed E-state index contributed by atoms with van der Waals surface area (Å²) in [5.41, 5.74) is 0.606. The quantitative estimate of drug-likeness (QED) is 0.738. The minimum atomic E-state index is 0.176. The van der Waals surface area contributed by atoms with E-state index in [2.05, 4.69) is 0 Å². The third-order valence-corrected chi connectivity index (χ3v) is 3.47. The summed E-state index contributed by atoms with van der Waals surface area (Å²) in [6.45, 7) is 0.